The molecular formula is C15H19NS2. The topological polar surface area (TPSA) is 12.0 Å². The molecule has 1 aromatic carbocycles. The Morgan fingerprint density at radius 1 is 1.33 bits per heavy atom. The zero-order valence-electron chi connectivity index (χ0n) is 10.7. The van der Waals surface area contributed by atoms with Crippen LogP contribution in [0.25, 0.3) is 10.1 Å². The van der Waals surface area contributed by atoms with Crippen molar-refractivity contribution in [2.45, 2.75) is 31.1 Å². The molecule has 0 aliphatic carbocycles. The van der Waals surface area contributed by atoms with Gasteiger partial charge in [0.05, 0.1) is 0 Å². The summed E-state index contributed by atoms with van der Waals surface area (Å²) >= 11 is 3.98. The highest BCUT2D eigenvalue weighted by atomic mass is 32.2. The zero-order valence-corrected chi connectivity index (χ0v) is 12.4. The Morgan fingerprint density at radius 3 is 3.06 bits per heavy atom. The number of nitrogens with one attached hydrogen (secondary N) is 1. The minimum absolute atomic E-state index is 0.464. The maximum Gasteiger partial charge on any atom is 0.0346 e. The van der Waals surface area contributed by atoms with Gasteiger partial charge < -0.3 is 5.32 Å². The predicted molar refractivity (Wildman–Crippen MR) is 83.6 cm³/mol. The Hall–Kier alpha value is -0.510. The first-order chi connectivity index (χ1) is 8.77. The number of hydrogen-bond donors (Lipinski definition) is 1. The van der Waals surface area contributed by atoms with E-state index in [-0.39, 0.29) is 0 Å². The molecule has 3 rings (SSSR count). The molecule has 96 valence electrons. The molecule has 1 N–H and O–H groups in total. The van der Waals surface area contributed by atoms with Crippen molar-refractivity contribution in [3.8, 4) is 0 Å². The van der Waals surface area contributed by atoms with Gasteiger partial charge in [0.15, 0.2) is 0 Å². The first-order valence-corrected chi connectivity index (χ1v) is 8.43. The van der Waals surface area contributed by atoms with E-state index in [0.29, 0.717) is 4.75 Å². The van der Waals surface area contributed by atoms with E-state index in [9.17, 15) is 0 Å². The average molecular weight is 277 g/mol. The highest BCUT2D eigenvalue weighted by molar-refractivity contribution is 8.00. The Morgan fingerprint density at radius 2 is 2.22 bits per heavy atom. The average Bonchev–Trinajstić information content (AvgIpc) is 2.97. The number of fused-ring (bicyclic) bond motifs is 1. The summed E-state index contributed by atoms with van der Waals surface area (Å²) < 4.78 is 1.86. The van der Waals surface area contributed by atoms with Crippen LogP contribution in [0.15, 0.2) is 29.6 Å². The second kappa shape index (κ2) is 5.24. The molecule has 1 aliphatic rings. The summed E-state index contributed by atoms with van der Waals surface area (Å²) in [4.78, 5) is 0. The van der Waals surface area contributed by atoms with Crippen molar-refractivity contribution in [1.29, 1.82) is 0 Å². The monoisotopic (exact) mass is 277 g/mol. The number of benzene rings is 1. The summed E-state index contributed by atoms with van der Waals surface area (Å²) in [5.74, 6) is 1.33. The molecule has 1 nitrogen and oxygen atoms in total. The van der Waals surface area contributed by atoms with Crippen molar-refractivity contribution in [1.82, 2.24) is 5.32 Å². The molecule has 0 saturated carbocycles. The van der Waals surface area contributed by atoms with Crippen LogP contribution in [0.1, 0.15) is 25.3 Å². The molecule has 2 aromatic rings. The molecule has 1 aromatic heterocycles. The van der Waals surface area contributed by atoms with Gasteiger partial charge in [-0.15, -0.1) is 11.3 Å². The third kappa shape index (κ3) is 2.58. The quantitative estimate of drug-likeness (QED) is 0.895. The van der Waals surface area contributed by atoms with Crippen LogP contribution in [0.3, 0.4) is 0 Å². The Kier molecular flexibility index (Phi) is 3.64. The van der Waals surface area contributed by atoms with Gasteiger partial charge in [-0.05, 0) is 47.9 Å². The summed E-state index contributed by atoms with van der Waals surface area (Å²) in [5, 5.41) is 7.36. The van der Waals surface area contributed by atoms with E-state index in [0.717, 1.165) is 13.1 Å². The van der Waals surface area contributed by atoms with Crippen LogP contribution in [0.4, 0.5) is 0 Å². The molecule has 18 heavy (non-hydrogen) atoms. The van der Waals surface area contributed by atoms with E-state index < -0.39 is 0 Å². The number of thiophene rings is 1. The van der Waals surface area contributed by atoms with Crippen LogP contribution >= 0.6 is 23.1 Å². The Balaban J connectivity index is 1.63. The minimum Gasteiger partial charge on any atom is -0.311 e. The van der Waals surface area contributed by atoms with Gasteiger partial charge in [-0.25, -0.2) is 0 Å². The van der Waals surface area contributed by atoms with E-state index in [1.165, 1.54) is 34.2 Å². The number of hydrogen-bond acceptors (Lipinski definition) is 3. The summed E-state index contributed by atoms with van der Waals surface area (Å²) in [6.45, 7) is 4.52. The maximum atomic E-state index is 3.65. The first kappa shape index (κ1) is 12.5. The van der Waals surface area contributed by atoms with Crippen LogP contribution < -0.4 is 5.32 Å². The molecule has 0 bridgehead atoms. The highest BCUT2D eigenvalue weighted by Gasteiger charge is 2.28. The van der Waals surface area contributed by atoms with Gasteiger partial charge in [0.25, 0.3) is 0 Å². The van der Waals surface area contributed by atoms with E-state index >= 15 is 0 Å². The van der Waals surface area contributed by atoms with Crippen molar-refractivity contribution in [3.05, 3.63) is 35.2 Å². The van der Waals surface area contributed by atoms with Gasteiger partial charge in [-0.3, -0.25) is 0 Å². The molecule has 1 atom stereocenters. The van der Waals surface area contributed by atoms with Gasteiger partial charge in [0.2, 0.25) is 0 Å². The summed E-state index contributed by atoms with van der Waals surface area (Å²) in [5.41, 5.74) is 1.45. The molecule has 1 unspecified atom stereocenters. The summed E-state index contributed by atoms with van der Waals surface area (Å²) in [6, 6.07) is 8.69. The fraction of sp³-hybridized carbons (Fsp3) is 0.467. The molecule has 0 amide bonds. The van der Waals surface area contributed by atoms with Crippen LogP contribution in [0.5, 0.6) is 0 Å². The van der Waals surface area contributed by atoms with Crippen molar-refractivity contribution >= 4 is 33.2 Å². The van der Waals surface area contributed by atoms with Crippen molar-refractivity contribution in [3.63, 3.8) is 0 Å². The van der Waals surface area contributed by atoms with Crippen LogP contribution in [-0.2, 0) is 6.54 Å². The fourth-order valence-electron chi connectivity index (χ4n) is 2.61. The predicted octanol–water partition coefficient (Wildman–Crippen LogP) is 4.28. The van der Waals surface area contributed by atoms with Gasteiger partial charge in [-0.2, -0.15) is 11.8 Å². The second-order valence-electron chi connectivity index (χ2n) is 5.26. The van der Waals surface area contributed by atoms with E-state index in [1.54, 1.807) is 0 Å². The third-order valence-electron chi connectivity index (χ3n) is 3.68. The van der Waals surface area contributed by atoms with Crippen LogP contribution in [-0.4, -0.2) is 17.0 Å². The second-order valence-corrected chi connectivity index (χ2v) is 7.86. The molecule has 1 saturated heterocycles. The maximum absolute atomic E-state index is 3.65. The lowest BCUT2D eigenvalue weighted by molar-refractivity contribution is 0.538. The van der Waals surface area contributed by atoms with E-state index in [4.69, 9.17) is 0 Å². The van der Waals surface area contributed by atoms with Crippen LogP contribution in [0, 0.1) is 0 Å². The van der Waals surface area contributed by atoms with Crippen LogP contribution in [0.2, 0.25) is 0 Å². The lowest BCUT2D eigenvalue weighted by atomic mass is 10.1. The Labute approximate surface area is 117 Å². The standard InChI is InChI=1S/C15H19NS2/c1-15(7-4-8-18-15)11-16-9-12-10-17-14-6-3-2-5-13(12)14/h2-3,5-6,10,16H,4,7-9,11H2,1H3. The van der Waals surface area contributed by atoms with Gasteiger partial charge in [-0.1, -0.05) is 18.2 Å². The van der Waals surface area contributed by atoms with Gasteiger partial charge in [0, 0.05) is 22.5 Å². The smallest absolute Gasteiger partial charge is 0.0346 e. The number of rotatable bonds is 4. The summed E-state index contributed by atoms with van der Waals surface area (Å²) in [6.07, 6.45) is 2.74. The molecular weight excluding hydrogens is 258 g/mol. The van der Waals surface area contributed by atoms with Crippen molar-refractivity contribution in [2.75, 3.05) is 12.3 Å². The van der Waals surface area contributed by atoms with Gasteiger partial charge in [0.1, 0.15) is 0 Å². The van der Waals surface area contributed by atoms with E-state index in [1.807, 2.05) is 11.3 Å². The molecule has 2 heterocycles. The third-order valence-corrected chi connectivity index (χ3v) is 6.23. The molecule has 1 fully saturated rings. The van der Waals surface area contributed by atoms with E-state index in [2.05, 4.69) is 53.6 Å². The molecule has 0 radical (unpaired) electrons. The lowest BCUT2D eigenvalue weighted by Crippen LogP contribution is -2.32. The minimum atomic E-state index is 0.464. The zero-order chi connectivity index (χ0) is 12.4. The SMILES string of the molecule is CC1(CNCc2csc3ccccc23)CCCS1. The molecule has 0 spiro atoms. The highest BCUT2D eigenvalue weighted by Crippen LogP contribution is 2.37. The van der Waals surface area contributed by atoms with Gasteiger partial charge >= 0.3 is 0 Å². The number of thioether (sulfide) groups is 1. The Bertz CT molecular complexity index is 526. The fourth-order valence-corrected chi connectivity index (χ4v) is 4.84. The van der Waals surface area contributed by atoms with Crippen molar-refractivity contribution in [2.24, 2.45) is 0 Å². The van der Waals surface area contributed by atoms with Crippen molar-refractivity contribution < 1.29 is 0 Å². The largest absolute Gasteiger partial charge is 0.311 e. The summed E-state index contributed by atoms with van der Waals surface area (Å²) in [7, 11) is 0. The molecule has 1 aliphatic heterocycles. The lowest BCUT2D eigenvalue weighted by Gasteiger charge is -2.22. The normalized spacial score (nSPS) is 23.8. The first-order valence-electron chi connectivity index (χ1n) is 6.57. The molecule has 3 heteroatoms.